The lowest BCUT2D eigenvalue weighted by molar-refractivity contribution is 0.0668. The van der Waals surface area contributed by atoms with Crippen molar-refractivity contribution in [1.29, 1.82) is 0 Å². The van der Waals surface area contributed by atoms with E-state index in [9.17, 15) is 4.79 Å². The van der Waals surface area contributed by atoms with Crippen molar-refractivity contribution < 1.29 is 4.79 Å². The molecule has 1 spiro atoms. The second-order valence-corrected chi connectivity index (χ2v) is 7.58. The highest BCUT2D eigenvalue weighted by molar-refractivity contribution is 5.96. The molecule has 0 bridgehead atoms. The Morgan fingerprint density at radius 3 is 2.93 bits per heavy atom. The Labute approximate surface area is 157 Å². The Hall–Kier alpha value is -2.96. The maximum absolute atomic E-state index is 13.3. The molecule has 2 fully saturated rings. The number of rotatable bonds is 2. The van der Waals surface area contributed by atoms with Crippen LogP contribution in [0, 0.1) is 6.92 Å². The van der Waals surface area contributed by atoms with Crippen LogP contribution in [0.3, 0.4) is 0 Å². The van der Waals surface area contributed by atoms with Crippen molar-refractivity contribution in [2.24, 2.45) is 0 Å². The zero-order valence-corrected chi connectivity index (χ0v) is 15.4. The monoisotopic (exact) mass is 362 g/mol. The van der Waals surface area contributed by atoms with Crippen LogP contribution in [0.2, 0.25) is 0 Å². The summed E-state index contributed by atoms with van der Waals surface area (Å²) in [6.45, 7) is 4.44. The van der Waals surface area contributed by atoms with E-state index < -0.39 is 0 Å². The van der Waals surface area contributed by atoms with E-state index in [-0.39, 0.29) is 11.4 Å². The van der Waals surface area contributed by atoms with Gasteiger partial charge >= 0.3 is 0 Å². The molecule has 1 N–H and O–H groups in total. The first-order valence-corrected chi connectivity index (χ1v) is 9.44. The number of amides is 1. The summed E-state index contributed by atoms with van der Waals surface area (Å²) in [7, 11) is 0. The van der Waals surface area contributed by atoms with Crippen molar-refractivity contribution in [3.8, 4) is 0 Å². The number of carbonyl (C=O) groups excluding carboxylic acids is 1. The van der Waals surface area contributed by atoms with E-state index in [2.05, 4.69) is 29.7 Å². The number of hydrogen-bond acceptors (Lipinski definition) is 5. The molecule has 5 rings (SSSR count). The molecule has 4 heterocycles. The molecule has 0 aromatic carbocycles. The molecule has 3 aromatic heterocycles. The van der Waals surface area contributed by atoms with E-state index in [1.165, 1.54) is 0 Å². The lowest BCUT2D eigenvalue weighted by atomic mass is 10.1. The maximum Gasteiger partial charge on any atom is 0.256 e. The Morgan fingerprint density at radius 1 is 1.22 bits per heavy atom. The average Bonchev–Trinajstić information content (AvgIpc) is 3.34. The van der Waals surface area contributed by atoms with Gasteiger partial charge in [0.05, 0.1) is 16.5 Å². The maximum atomic E-state index is 13.3. The van der Waals surface area contributed by atoms with E-state index in [1.54, 1.807) is 18.7 Å². The van der Waals surface area contributed by atoms with Crippen molar-refractivity contribution in [2.45, 2.75) is 31.7 Å². The van der Waals surface area contributed by atoms with Gasteiger partial charge in [-0.2, -0.15) is 0 Å². The van der Waals surface area contributed by atoms with E-state index in [0.29, 0.717) is 5.56 Å². The Kier molecular flexibility index (Phi) is 3.63. The highest BCUT2D eigenvalue weighted by Crippen LogP contribution is 2.45. The van der Waals surface area contributed by atoms with E-state index >= 15 is 0 Å². The van der Waals surface area contributed by atoms with E-state index in [0.717, 1.165) is 61.3 Å². The van der Waals surface area contributed by atoms with Crippen LogP contribution < -0.4 is 4.90 Å². The fourth-order valence-corrected chi connectivity index (χ4v) is 4.19. The lowest BCUT2D eigenvalue weighted by Crippen LogP contribution is -2.47. The van der Waals surface area contributed by atoms with Crippen LogP contribution in [0.4, 0.5) is 5.82 Å². The number of nitrogens with one attached hydrogen (secondary N) is 1. The molecule has 0 radical (unpaired) electrons. The van der Waals surface area contributed by atoms with Crippen LogP contribution >= 0.6 is 0 Å². The standard InChI is InChI=1S/C20H22N6O/c1-14-3-7-21-11-16(14)19(27)26-10-2-9-25(12-20(26)5-6-20)18-15-4-8-22-17(15)23-13-24-18/h3-4,7-8,11,13H,2,5-6,9-10,12H2,1H3,(H,22,23,24). The van der Waals surface area contributed by atoms with Gasteiger partial charge in [0.25, 0.3) is 5.91 Å². The summed E-state index contributed by atoms with van der Waals surface area (Å²) in [5, 5.41) is 1.04. The fraction of sp³-hybridized carbons (Fsp3) is 0.400. The zero-order valence-electron chi connectivity index (χ0n) is 15.4. The molecule has 1 saturated heterocycles. The minimum absolute atomic E-state index is 0.0938. The van der Waals surface area contributed by atoms with Crippen LogP contribution in [0.5, 0.6) is 0 Å². The van der Waals surface area contributed by atoms with Gasteiger partial charge in [0.2, 0.25) is 0 Å². The van der Waals surface area contributed by atoms with Crippen molar-refractivity contribution in [1.82, 2.24) is 24.8 Å². The van der Waals surface area contributed by atoms with Crippen molar-refractivity contribution in [3.63, 3.8) is 0 Å². The summed E-state index contributed by atoms with van der Waals surface area (Å²) < 4.78 is 0. The molecule has 1 saturated carbocycles. The number of hydrogen-bond donors (Lipinski definition) is 1. The van der Waals surface area contributed by atoms with Crippen molar-refractivity contribution >= 4 is 22.8 Å². The largest absolute Gasteiger partial charge is 0.354 e. The fourth-order valence-electron chi connectivity index (χ4n) is 4.19. The highest BCUT2D eigenvalue weighted by Gasteiger charge is 2.52. The Morgan fingerprint density at radius 2 is 2.11 bits per heavy atom. The van der Waals surface area contributed by atoms with Gasteiger partial charge in [0.1, 0.15) is 17.8 Å². The predicted molar refractivity (Wildman–Crippen MR) is 103 cm³/mol. The molecule has 2 aliphatic rings. The summed E-state index contributed by atoms with van der Waals surface area (Å²) in [6, 6.07) is 3.93. The van der Waals surface area contributed by atoms with Crippen molar-refractivity contribution in [2.75, 3.05) is 24.5 Å². The molecule has 7 nitrogen and oxygen atoms in total. The van der Waals surface area contributed by atoms with Crippen molar-refractivity contribution in [3.05, 3.63) is 48.2 Å². The van der Waals surface area contributed by atoms with Gasteiger partial charge < -0.3 is 14.8 Å². The Bertz CT molecular complexity index is 1010. The first kappa shape index (κ1) is 16.2. The molecule has 0 unspecified atom stereocenters. The third-order valence-corrected chi connectivity index (χ3v) is 5.84. The number of anilines is 1. The van der Waals surface area contributed by atoms with Gasteiger partial charge in [0.15, 0.2) is 0 Å². The quantitative estimate of drug-likeness (QED) is 0.758. The molecule has 0 atom stereocenters. The predicted octanol–water partition coefficient (Wildman–Crippen LogP) is 2.55. The second-order valence-electron chi connectivity index (χ2n) is 7.58. The molecular formula is C20H22N6O. The molecular weight excluding hydrogens is 340 g/mol. The third-order valence-electron chi connectivity index (χ3n) is 5.84. The molecule has 7 heteroatoms. The summed E-state index contributed by atoms with van der Waals surface area (Å²) in [4.78, 5) is 33.9. The minimum atomic E-state index is -0.0938. The molecule has 1 aliphatic heterocycles. The van der Waals surface area contributed by atoms with Gasteiger partial charge in [-0.3, -0.25) is 9.78 Å². The van der Waals surface area contributed by atoms with Crippen LogP contribution in [-0.4, -0.2) is 55.9 Å². The van der Waals surface area contributed by atoms with Gasteiger partial charge in [-0.15, -0.1) is 0 Å². The number of aryl methyl sites for hydroxylation is 1. The van der Waals surface area contributed by atoms with Crippen LogP contribution in [-0.2, 0) is 0 Å². The molecule has 1 amide bonds. The first-order valence-electron chi connectivity index (χ1n) is 9.44. The van der Waals surface area contributed by atoms with Gasteiger partial charge in [-0.1, -0.05) is 0 Å². The zero-order chi connectivity index (χ0) is 18.4. The summed E-state index contributed by atoms with van der Waals surface area (Å²) in [5.74, 6) is 1.06. The average molecular weight is 362 g/mol. The summed E-state index contributed by atoms with van der Waals surface area (Å²) in [5.41, 5.74) is 2.46. The number of aromatic amines is 1. The topological polar surface area (TPSA) is 78.0 Å². The molecule has 1 aliphatic carbocycles. The lowest BCUT2D eigenvalue weighted by Gasteiger charge is -2.33. The van der Waals surface area contributed by atoms with Crippen LogP contribution in [0.15, 0.2) is 37.1 Å². The molecule has 3 aromatic rings. The highest BCUT2D eigenvalue weighted by atomic mass is 16.2. The molecule has 138 valence electrons. The SMILES string of the molecule is Cc1ccncc1C(=O)N1CCCN(c2ncnc3[nH]ccc23)CC12CC2. The van der Waals surface area contributed by atoms with E-state index in [1.807, 2.05) is 25.3 Å². The summed E-state index contributed by atoms with van der Waals surface area (Å²) >= 11 is 0. The van der Waals surface area contributed by atoms with Gasteiger partial charge in [-0.25, -0.2) is 9.97 Å². The van der Waals surface area contributed by atoms with Crippen LogP contribution in [0.1, 0.15) is 35.2 Å². The number of pyridine rings is 1. The number of fused-ring (bicyclic) bond motifs is 1. The normalized spacial score (nSPS) is 18.7. The Balaban J connectivity index is 1.47. The van der Waals surface area contributed by atoms with Gasteiger partial charge in [-0.05, 0) is 43.9 Å². The molecule has 27 heavy (non-hydrogen) atoms. The minimum Gasteiger partial charge on any atom is -0.354 e. The number of nitrogens with zero attached hydrogens (tertiary/aromatic N) is 5. The van der Waals surface area contributed by atoms with Gasteiger partial charge in [0, 0.05) is 38.2 Å². The third kappa shape index (κ3) is 2.65. The number of aromatic nitrogens is 4. The number of carbonyl (C=O) groups is 1. The second kappa shape index (κ2) is 6.04. The first-order chi connectivity index (χ1) is 13.2. The summed E-state index contributed by atoms with van der Waals surface area (Å²) in [6.07, 6.45) is 9.94. The number of H-pyrrole nitrogens is 1. The smallest absolute Gasteiger partial charge is 0.256 e. The van der Waals surface area contributed by atoms with Crippen LogP contribution in [0.25, 0.3) is 11.0 Å². The van der Waals surface area contributed by atoms with E-state index in [4.69, 9.17) is 0 Å².